The van der Waals surface area contributed by atoms with E-state index in [2.05, 4.69) is 5.32 Å². The average Bonchev–Trinajstić information content (AvgIpc) is 2.34. The molecule has 0 saturated carbocycles. The molecule has 2 rings (SSSR count). The lowest BCUT2D eigenvalue weighted by molar-refractivity contribution is 0.469. The number of hydrogen-bond donors (Lipinski definition) is 2. The Morgan fingerprint density at radius 2 is 2.00 bits per heavy atom. The highest BCUT2D eigenvalue weighted by atomic mass is 35.5. The predicted molar refractivity (Wildman–Crippen MR) is 71.6 cm³/mol. The van der Waals surface area contributed by atoms with E-state index in [0.717, 1.165) is 5.69 Å². The SMILES string of the molecule is Cc1cc(NCc2cc(Cl)ccc2O)ccc1F. The number of nitrogens with one attached hydrogen (secondary N) is 1. The Bertz CT molecular complexity index is 572. The fourth-order valence-corrected chi connectivity index (χ4v) is 1.84. The lowest BCUT2D eigenvalue weighted by atomic mass is 10.1. The first kappa shape index (κ1) is 12.7. The van der Waals surface area contributed by atoms with Gasteiger partial charge in [0, 0.05) is 22.8 Å². The third-order valence-corrected chi connectivity index (χ3v) is 2.92. The molecule has 0 aromatic heterocycles. The number of rotatable bonds is 3. The van der Waals surface area contributed by atoms with Crippen LogP contribution in [0.2, 0.25) is 5.02 Å². The van der Waals surface area contributed by atoms with Crippen molar-refractivity contribution >= 4 is 17.3 Å². The van der Waals surface area contributed by atoms with Crippen molar-refractivity contribution in [1.29, 1.82) is 0 Å². The number of halogens is 2. The van der Waals surface area contributed by atoms with Gasteiger partial charge in [-0.3, -0.25) is 0 Å². The van der Waals surface area contributed by atoms with Crippen molar-refractivity contribution in [2.45, 2.75) is 13.5 Å². The van der Waals surface area contributed by atoms with E-state index < -0.39 is 0 Å². The summed E-state index contributed by atoms with van der Waals surface area (Å²) >= 11 is 5.86. The summed E-state index contributed by atoms with van der Waals surface area (Å²) in [5.74, 6) is -0.0445. The van der Waals surface area contributed by atoms with Gasteiger partial charge in [0.2, 0.25) is 0 Å². The molecule has 0 fully saturated rings. The second-order valence-corrected chi connectivity index (χ2v) is 4.53. The van der Waals surface area contributed by atoms with Gasteiger partial charge in [-0.25, -0.2) is 4.39 Å². The van der Waals surface area contributed by atoms with Crippen molar-refractivity contribution < 1.29 is 9.50 Å². The van der Waals surface area contributed by atoms with Crippen LogP contribution in [-0.2, 0) is 6.54 Å². The number of phenolic OH excluding ortho intramolecular Hbond substituents is 1. The van der Waals surface area contributed by atoms with Crippen LogP contribution in [0.1, 0.15) is 11.1 Å². The van der Waals surface area contributed by atoms with Gasteiger partial charge in [-0.15, -0.1) is 0 Å². The number of benzene rings is 2. The summed E-state index contributed by atoms with van der Waals surface area (Å²) in [7, 11) is 0. The zero-order chi connectivity index (χ0) is 13.1. The first-order chi connectivity index (χ1) is 8.56. The molecule has 2 aromatic rings. The first-order valence-corrected chi connectivity index (χ1v) is 5.91. The molecule has 0 atom stereocenters. The van der Waals surface area contributed by atoms with Crippen molar-refractivity contribution in [2.24, 2.45) is 0 Å². The number of anilines is 1. The van der Waals surface area contributed by atoms with Crippen molar-refractivity contribution in [1.82, 2.24) is 0 Å². The van der Waals surface area contributed by atoms with Crippen molar-refractivity contribution in [3.63, 3.8) is 0 Å². The molecule has 0 aliphatic carbocycles. The summed E-state index contributed by atoms with van der Waals surface area (Å²) in [6.45, 7) is 2.13. The van der Waals surface area contributed by atoms with Crippen LogP contribution in [-0.4, -0.2) is 5.11 Å². The van der Waals surface area contributed by atoms with Crippen molar-refractivity contribution in [3.8, 4) is 5.75 Å². The van der Waals surface area contributed by atoms with E-state index >= 15 is 0 Å². The van der Waals surface area contributed by atoms with Crippen molar-refractivity contribution in [3.05, 3.63) is 58.4 Å². The maximum Gasteiger partial charge on any atom is 0.126 e. The van der Waals surface area contributed by atoms with Crippen LogP contribution in [0.25, 0.3) is 0 Å². The van der Waals surface area contributed by atoms with Crippen LogP contribution in [0, 0.1) is 12.7 Å². The molecule has 0 spiro atoms. The average molecular weight is 266 g/mol. The summed E-state index contributed by atoms with van der Waals surface area (Å²) < 4.78 is 13.1. The van der Waals surface area contributed by atoms with Gasteiger partial charge in [-0.2, -0.15) is 0 Å². The quantitative estimate of drug-likeness (QED) is 0.875. The lowest BCUT2D eigenvalue weighted by Crippen LogP contribution is -2.00. The van der Waals surface area contributed by atoms with E-state index in [9.17, 15) is 9.50 Å². The summed E-state index contributed by atoms with van der Waals surface area (Å²) in [6, 6.07) is 9.66. The third kappa shape index (κ3) is 2.93. The minimum atomic E-state index is -0.230. The summed E-state index contributed by atoms with van der Waals surface area (Å²) in [4.78, 5) is 0. The minimum absolute atomic E-state index is 0.186. The Morgan fingerprint density at radius 1 is 1.22 bits per heavy atom. The second-order valence-electron chi connectivity index (χ2n) is 4.09. The Labute approximate surface area is 110 Å². The highest BCUT2D eigenvalue weighted by Crippen LogP contribution is 2.23. The molecular formula is C14H13ClFNO. The Hall–Kier alpha value is -1.74. The van der Waals surface area contributed by atoms with Gasteiger partial charge in [0.1, 0.15) is 11.6 Å². The first-order valence-electron chi connectivity index (χ1n) is 5.53. The van der Waals surface area contributed by atoms with Gasteiger partial charge < -0.3 is 10.4 Å². The van der Waals surface area contributed by atoms with Crippen LogP contribution in [0.5, 0.6) is 5.75 Å². The van der Waals surface area contributed by atoms with E-state index in [1.54, 1.807) is 37.3 Å². The zero-order valence-electron chi connectivity index (χ0n) is 9.87. The van der Waals surface area contributed by atoms with Gasteiger partial charge in [0.25, 0.3) is 0 Å². The maximum atomic E-state index is 13.1. The Kier molecular flexibility index (Phi) is 3.72. The Balaban J connectivity index is 2.11. The monoisotopic (exact) mass is 265 g/mol. The number of aryl methyl sites for hydroxylation is 1. The molecule has 0 unspecified atom stereocenters. The number of phenols is 1. The topological polar surface area (TPSA) is 32.3 Å². The van der Waals surface area contributed by atoms with Crippen LogP contribution < -0.4 is 5.32 Å². The summed E-state index contributed by atoms with van der Waals surface area (Å²) in [5.41, 5.74) is 2.08. The molecule has 2 N–H and O–H groups in total. The second kappa shape index (κ2) is 5.27. The molecule has 0 bridgehead atoms. The van der Waals surface area contributed by atoms with E-state index in [-0.39, 0.29) is 11.6 Å². The number of hydrogen-bond acceptors (Lipinski definition) is 2. The molecule has 2 nitrogen and oxygen atoms in total. The van der Waals surface area contributed by atoms with Gasteiger partial charge in [-0.05, 0) is 48.9 Å². The van der Waals surface area contributed by atoms with Gasteiger partial charge in [0.05, 0.1) is 0 Å². The molecule has 0 saturated heterocycles. The number of aromatic hydroxyl groups is 1. The van der Waals surface area contributed by atoms with Crippen LogP contribution in [0.3, 0.4) is 0 Å². The molecule has 0 aliphatic rings. The molecule has 0 radical (unpaired) electrons. The van der Waals surface area contributed by atoms with E-state index in [1.807, 2.05) is 0 Å². The largest absolute Gasteiger partial charge is 0.508 e. The Morgan fingerprint density at radius 3 is 2.72 bits per heavy atom. The molecule has 2 aromatic carbocycles. The van der Waals surface area contributed by atoms with E-state index in [4.69, 9.17) is 11.6 Å². The fourth-order valence-electron chi connectivity index (χ4n) is 1.65. The van der Waals surface area contributed by atoms with Gasteiger partial charge >= 0.3 is 0 Å². The van der Waals surface area contributed by atoms with Crippen LogP contribution in [0.4, 0.5) is 10.1 Å². The van der Waals surface area contributed by atoms with Gasteiger partial charge in [0.15, 0.2) is 0 Å². The molecular weight excluding hydrogens is 253 g/mol. The maximum absolute atomic E-state index is 13.1. The highest BCUT2D eigenvalue weighted by molar-refractivity contribution is 6.30. The molecule has 0 heterocycles. The fraction of sp³-hybridized carbons (Fsp3) is 0.143. The van der Waals surface area contributed by atoms with E-state index in [0.29, 0.717) is 22.7 Å². The standard InChI is InChI=1S/C14H13ClFNO/c1-9-6-12(3-4-13(9)16)17-8-10-7-11(15)2-5-14(10)18/h2-7,17-18H,8H2,1H3. The van der Waals surface area contributed by atoms with E-state index in [1.165, 1.54) is 6.07 Å². The lowest BCUT2D eigenvalue weighted by Gasteiger charge is -2.09. The summed E-state index contributed by atoms with van der Waals surface area (Å²) in [5, 5.41) is 13.3. The third-order valence-electron chi connectivity index (χ3n) is 2.68. The zero-order valence-corrected chi connectivity index (χ0v) is 10.6. The smallest absolute Gasteiger partial charge is 0.126 e. The minimum Gasteiger partial charge on any atom is -0.508 e. The molecule has 18 heavy (non-hydrogen) atoms. The molecule has 4 heteroatoms. The highest BCUT2D eigenvalue weighted by Gasteiger charge is 2.03. The van der Waals surface area contributed by atoms with Gasteiger partial charge in [-0.1, -0.05) is 11.6 Å². The van der Waals surface area contributed by atoms with Crippen LogP contribution >= 0.6 is 11.6 Å². The summed E-state index contributed by atoms with van der Waals surface area (Å²) in [6.07, 6.45) is 0. The normalized spacial score (nSPS) is 10.4. The molecule has 94 valence electrons. The molecule has 0 amide bonds. The predicted octanol–water partition coefficient (Wildman–Crippen LogP) is 4.11. The molecule has 0 aliphatic heterocycles. The van der Waals surface area contributed by atoms with Crippen molar-refractivity contribution in [2.75, 3.05) is 5.32 Å². The van der Waals surface area contributed by atoms with Crippen LogP contribution in [0.15, 0.2) is 36.4 Å².